The molecule has 0 bridgehead atoms. The molecule has 6 heteroatoms. The van der Waals surface area contributed by atoms with Crippen LogP contribution in [0.25, 0.3) is 10.9 Å². The van der Waals surface area contributed by atoms with Crippen LogP contribution in [-0.2, 0) is 16.0 Å². The molecule has 1 aromatic carbocycles. The summed E-state index contributed by atoms with van der Waals surface area (Å²) >= 11 is 5.97. The number of likely N-dealkylation sites (N-methyl/N-ethyl adjacent to an activating group) is 1. The average Bonchev–Trinajstić information content (AvgIpc) is 2.80. The van der Waals surface area contributed by atoms with Gasteiger partial charge >= 0.3 is 5.97 Å². The fraction of sp³-hybridized carbons (Fsp3) is 0.333. The molecule has 112 valence electrons. The first kappa shape index (κ1) is 15.4. The molecule has 0 aliphatic heterocycles. The third kappa shape index (κ3) is 2.88. The summed E-state index contributed by atoms with van der Waals surface area (Å²) in [5.41, 5.74) is 0.439. The number of amides is 1. The Morgan fingerprint density at radius 1 is 1.38 bits per heavy atom. The summed E-state index contributed by atoms with van der Waals surface area (Å²) in [5, 5.41) is 10.6. The molecule has 1 aromatic heterocycles. The number of carbonyl (C=O) groups excluding carboxylic acids is 1. The molecule has 21 heavy (non-hydrogen) atoms. The van der Waals surface area contributed by atoms with Crippen molar-refractivity contribution in [3.63, 3.8) is 0 Å². The number of carboxylic acid groups (broad SMARTS) is 1. The molecule has 0 radical (unpaired) electrons. The second-order valence-electron chi connectivity index (χ2n) is 5.50. The van der Waals surface area contributed by atoms with Gasteiger partial charge in [-0.3, -0.25) is 4.79 Å². The van der Waals surface area contributed by atoms with E-state index in [0.29, 0.717) is 5.02 Å². The summed E-state index contributed by atoms with van der Waals surface area (Å²) in [7, 11) is 1.50. The van der Waals surface area contributed by atoms with Gasteiger partial charge in [-0.2, -0.15) is 0 Å². The lowest BCUT2D eigenvalue weighted by molar-refractivity contribution is -0.155. The molecule has 2 N–H and O–H groups in total. The second kappa shape index (κ2) is 5.41. The highest BCUT2D eigenvalue weighted by atomic mass is 35.5. The molecule has 0 aliphatic rings. The zero-order chi connectivity index (χ0) is 15.8. The van der Waals surface area contributed by atoms with Gasteiger partial charge in [0.2, 0.25) is 5.91 Å². The number of fused-ring (bicyclic) bond motifs is 1. The molecule has 0 saturated carbocycles. The lowest BCUT2D eigenvalue weighted by Crippen LogP contribution is -2.51. The highest BCUT2D eigenvalue weighted by Crippen LogP contribution is 2.24. The van der Waals surface area contributed by atoms with E-state index in [1.54, 1.807) is 18.3 Å². The van der Waals surface area contributed by atoms with Crippen LogP contribution in [0.4, 0.5) is 0 Å². The summed E-state index contributed by atoms with van der Waals surface area (Å²) in [6, 6.07) is 5.40. The van der Waals surface area contributed by atoms with E-state index in [0.717, 1.165) is 16.5 Å². The van der Waals surface area contributed by atoms with E-state index in [1.807, 2.05) is 6.07 Å². The van der Waals surface area contributed by atoms with Gasteiger partial charge in [0.05, 0.1) is 6.42 Å². The number of hydrogen-bond donors (Lipinski definition) is 2. The van der Waals surface area contributed by atoms with Gasteiger partial charge in [0.1, 0.15) is 5.54 Å². The molecule has 1 heterocycles. The van der Waals surface area contributed by atoms with Crippen molar-refractivity contribution in [2.75, 3.05) is 7.05 Å². The number of nitrogens with zero attached hydrogens (tertiary/aromatic N) is 1. The van der Waals surface area contributed by atoms with E-state index in [9.17, 15) is 14.7 Å². The highest BCUT2D eigenvalue weighted by molar-refractivity contribution is 6.31. The molecule has 0 saturated heterocycles. The highest BCUT2D eigenvalue weighted by Gasteiger charge is 2.35. The molecule has 0 spiro atoms. The molecule has 0 atom stereocenters. The standard InChI is InChI=1S/C15H17ClN2O3/c1-15(2,14(20)21)18(3)13(19)6-9-8-17-12-5-4-10(16)7-11(9)12/h4-5,7-8,17H,6H2,1-3H3,(H,20,21). The molecule has 2 rings (SSSR count). The number of aliphatic carboxylic acids is 1. The van der Waals surface area contributed by atoms with Crippen LogP contribution < -0.4 is 0 Å². The van der Waals surface area contributed by atoms with E-state index in [4.69, 9.17) is 11.6 Å². The molecule has 1 amide bonds. The smallest absolute Gasteiger partial charge is 0.329 e. The van der Waals surface area contributed by atoms with E-state index < -0.39 is 11.5 Å². The van der Waals surface area contributed by atoms with Crippen molar-refractivity contribution in [2.45, 2.75) is 25.8 Å². The SMILES string of the molecule is CN(C(=O)Cc1c[nH]c2ccc(Cl)cc12)C(C)(C)C(=O)O. The van der Waals surface area contributed by atoms with Crippen molar-refractivity contribution in [2.24, 2.45) is 0 Å². The summed E-state index contributed by atoms with van der Waals surface area (Å²) in [6.45, 7) is 3.00. The molecule has 5 nitrogen and oxygen atoms in total. The number of carboxylic acids is 1. The number of rotatable bonds is 4. The molecule has 0 aliphatic carbocycles. The maximum Gasteiger partial charge on any atom is 0.329 e. The fourth-order valence-corrected chi connectivity index (χ4v) is 2.21. The first-order chi connectivity index (χ1) is 9.73. The maximum atomic E-state index is 12.3. The second-order valence-corrected chi connectivity index (χ2v) is 5.93. The lowest BCUT2D eigenvalue weighted by atomic mass is 10.0. The predicted molar refractivity (Wildman–Crippen MR) is 81.5 cm³/mol. The number of halogens is 1. The lowest BCUT2D eigenvalue weighted by Gasteiger charge is -2.31. The third-order valence-corrected chi connectivity index (χ3v) is 4.04. The Morgan fingerprint density at radius 3 is 2.67 bits per heavy atom. The first-order valence-corrected chi connectivity index (χ1v) is 6.87. The third-order valence-electron chi connectivity index (χ3n) is 3.81. The van der Waals surface area contributed by atoms with Crippen LogP contribution >= 0.6 is 11.6 Å². The van der Waals surface area contributed by atoms with Gasteiger partial charge < -0.3 is 15.0 Å². The fourth-order valence-electron chi connectivity index (χ4n) is 2.03. The van der Waals surface area contributed by atoms with E-state index in [2.05, 4.69) is 4.98 Å². The van der Waals surface area contributed by atoms with Crippen LogP contribution in [0.5, 0.6) is 0 Å². The minimum Gasteiger partial charge on any atom is -0.480 e. The van der Waals surface area contributed by atoms with Crippen molar-refractivity contribution in [1.29, 1.82) is 0 Å². The summed E-state index contributed by atoms with van der Waals surface area (Å²) in [4.78, 5) is 27.8. The van der Waals surface area contributed by atoms with Gasteiger partial charge in [0, 0.05) is 29.2 Å². The van der Waals surface area contributed by atoms with Crippen LogP contribution in [-0.4, -0.2) is 39.5 Å². The van der Waals surface area contributed by atoms with Crippen LogP contribution in [0.3, 0.4) is 0 Å². The molecular formula is C15H17ClN2O3. The minimum atomic E-state index is -1.25. The number of carbonyl (C=O) groups is 2. The molecule has 2 aromatic rings. The Bertz CT molecular complexity index is 706. The summed E-state index contributed by atoms with van der Waals surface area (Å²) in [6.07, 6.45) is 1.87. The number of nitrogens with one attached hydrogen (secondary N) is 1. The largest absolute Gasteiger partial charge is 0.480 e. The van der Waals surface area contributed by atoms with E-state index in [-0.39, 0.29) is 12.3 Å². The van der Waals surface area contributed by atoms with Crippen molar-refractivity contribution < 1.29 is 14.7 Å². The quantitative estimate of drug-likeness (QED) is 0.912. The predicted octanol–water partition coefficient (Wildman–Crippen LogP) is 2.69. The number of hydrogen-bond acceptors (Lipinski definition) is 2. The Hall–Kier alpha value is -2.01. The van der Waals surface area contributed by atoms with Gasteiger partial charge in [-0.05, 0) is 37.6 Å². The van der Waals surface area contributed by atoms with Crippen molar-refractivity contribution in [3.05, 3.63) is 35.0 Å². The van der Waals surface area contributed by atoms with E-state index in [1.165, 1.54) is 25.8 Å². The summed E-state index contributed by atoms with van der Waals surface area (Å²) in [5.74, 6) is -1.30. The molecular weight excluding hydrogens is 292 g/mol. The average molecular weight is 309 g/mol. The van der Waals surface area contributed by atoms with Crippen LogP contribution in [0.1, 0.15) is 19.4 Å². The normalized spacial score (nSPS) is 11.6. The van der Waals surface area contributed by atoms with Crippen LogP contribution in [0, 0.1) is 0 Å². The molecule has 0 fully saturated rings. The zero-order valence-electron chi connectivity index (χ0n) is 12.1. The first-order valence-electron chi connectivity index (χ1n) is 6.49. The number of aromatic nitrogens is 1. The Labute approximate surface area is 127 Å². The zero-order valence-corrected chi connectivity index (χ0v) is 12.9. The number of benzene rings is 1. The Kier molecular flexibility index (Phi) is 3.96. The van der Waals surface area contributed by atoms with Gasteiger partial charge in [-0.1, -0.05) is 11.6 Å². The monoisotopic (exact) mass is 308 g/mol. The summed E-state index contributed by atoms with van der Waals surface area (Å²) < 4.78 is 0. The van der Waals surface area contributed by atoms with Gasteiger partial charge in [-0.25, -0.2) is 4.79 Å². The Morgan fingerprint density at radius 2 is 2.05 bits per heavy atom. The van der Waals surface area contributed by atoms with Crippen molar-refractivity contribution >= 4 is 34.4 Å². The van der Waals surface area contributed by atoms with Crippen LogP contribution in [0.15, 0.2) is 24.4 Å². The minimum absolute atomic E-state index is 0.119. The van der Waals surface area contributed by atoms with Gasteiger partial charge in [-0.15, -0.1) is 0 Å². The van der Waals surface area contributed by atoms with Crippen molar-refractivity contribution in [3.8, 4) is 0 Å². The topological polar surface area (TPSA) is 73.4 Å². The van der Waals surface area contributed by atoms with E-state index >= 15 is 0 Å². The van der Waals surface area contributed by atoms with Crippen molar-refractivity contribution in [1.82, 2.24) is 9.88 Å². The van der Waals surface area contributed by atoms with Crippen LogP contribution in [0.2, 0.25) is 5.02 Å². The maximum absolute atomic E-state index is 12.3. The number of aromatic amines is 1. The molecule has 0 unspecified atom stereocenters. The number of H-pyrrole nitrogens is 1. The van der Waals surface area contributed by atoms with Gasteiger partial charge in [0.15, 0.2) is 0 Å². The Balaban J connectivity index is 2.26. The van der Waals surface area contributed by atoms with Gasteiger partial charge in [0.25, 0.3) is 0 Å².